The quantitative estimate of drug-likeness (QED) is 0.159. The molecule has 0 spiro atoms. The van der Waals surface area contributed by atoms with Crippen molar-refractivity contribution in [1.29, 1.82) is 0 Å². The number of aliphatic carboxylic acids is 1. The summed E-state index contributed by atoms with van der Waals surface area (Å²) in [6.45, 7) is -1.77. The van der Waals surface area contributed by atoms with E-state index in [9.17, 15) is 62.6 Å². The zero-order valence-corrected chi connectivity index (χ0v) is 28.6. The van der Waals surface area contributed by atoms with Crippen LogP contribution in [-0.2, 0) is 41.1 Å². The fourth-order valence-corrected chi connectivity index (χ4v) is 9.46. The van der Waals surface area contributed by atoms with Gasteiger partial charge in [-0.2, -0.15) is 26.3 Å². The zero-order valence-electron chi connectivity index (χ0n) is 27.7. The number of benzene rings is 3. The second-order valence-electron chi connectivity index (χ2n) is 13.4. The van der Waals surface area contributed by atoms with Gasteiger partial charge in [-0.15, -0.1) is 0 Å². The number of amides is 1. The lowest BCUT2D eigenvalue weighted by atomic mass is 9.79. The van der Waals surface area contributed by atoms with Crippen LogP contribution in [0.3, 0.4) is 0 Å². The van der Waals surface area contributed by atoms with Crippen LogP contribution < -0.4 is 5.32 Å². The Kier molecular flexibility index (Phi) is 11.3. The van der Waals surface area contributed by atoms with Gasteiger partial charge in [0.1, 0.15) is 22.2 Å². The Labute approximate surface area is 298 Å². The summed E-state index contributed by atoms with van der Waals surface area (Å²) in [7, 11) is -4.54. The monoisotopic (exact) mass is 779 g/mol. The molecule has 53 heavy (non-hydrogen) atoms. The minimum Gasteiger partial charge on any atom is -0.481 e. The van der Waals surface area contributed by atoms with Gasteiger partial charge in [-0.3, -0.25) is 9.59 Å². The van der Waals surface area contributed by atoms with Crippen LogP contribution in [0.15, 0.2) is 71.6 Å². The molecule has 7 nitrogen and oxygen atoms in total. The highest BCUT2D eigenvalue weighted by Gasteiger charge is 2.73. The molecule has 3 aromatic carbocycles. The van der Waals surface area contributed by atoms with Gasteiger partial charge in [-0.25, -0.2) is 21.6 Å². The van der Waals surface area contributed by atoms with Crippen LogP contribution in [0.1, 0.15) is 68.1 Å². The van der Waals surface area contributed by atoms with Gasteiger partial charge < -0.3 is 15.2 Å². The van der Waals surface area contributed by atoms with Crippen molar-refractivity contribution in [2.24, 2.45) is 11.8 Å². The summed E-state index contributed by atoms with van der Waals surface area (Å²) in [6, 6.07) is 7.66. The first kappa shape index (κ1) is 40.1. The van der Waals surface area contributed by atoms with Crippen LogP contribution >= 0.6 is 0 Å². The molecule has 288 valence electrons. The molecule has 2 aliphatic rings. The summed E-state index contributed by atoms with van der Waals surface area (Å²) in [5.41, 5.74) is -8.00. The Bertz CT molecular complexity index is 1860. The molecular formula is C36H34F9NO6S. The number of halogens is 9. The van der Waals surface area contributed by atoms with Crippen LogP contribution in [0.25, 0.3) is 0 Å². The number of sulfone groups is 1. The van der Waals surface area contributed by atoms with Crippen molar-refractivity contribution in [2.75, 3.05) is 0 Å². The minimum absolute atomic E-state index is 0.0186. The maximum atomic E-state index is 14.6. The lowest BCUT2D eigenvalue weighted by molar-refractivity contribution is -0.392. The summed E-state index contributed by atoms with van der Waals surface area (Å²) in [5, 5.41) is 12.1. The Balaban J connectivity index is 1.48. The predicted octanol–water partition coefficient (Wildman–Crippen LogP) is 8.26. The van der Waals surface area contributed by atoms with Crippen LogP contribution in [0, 0.1) is 29.3 Å². The third-order valence-electron chi connectivity index (χ3n) is 10.3. The lowest BCUT2D eigenvalue weighted by Crippen LogP contribution is -2.56. The number of alkyl halides is 6. The van der Waals surface area contributed by atoms with Gasteiger partial charge in [0.25, 0.3) is 5.60 Å². The van der Waals surface area contributed by atoms with Gasteiger partial charge in [0.15, 0.2) is 9.84 Å². The van der Waals surface area contributed by atoms with Gasteiger partial charge in [0.05, 0.1) is 17.4 Å². The van der Waals surface area contributed by atoms with E-state index >= 15 is 0 Å². The predicted molar refractivity (Wildman–Crippen MR) is 170 cm³/mol. The smallest absolute Gasteiger partial charge is 0.430 e. The number of hydrogen-bond donors (Lipinski definition) is 2. The standard InChI is InChI=1S/C36H34F9NO6S/c37-25-12-14-27(15-13-25)53(50,51)33(18-16-26(17-19-33)46-31(47)21-4-6-22(7-5-21)32(48)49)23-8-10-24(11-9-23)34(35(40,41)42,36(43,44)45)52-20-28-29(38)2-1-3-30(28)39/h1-3,8-15,21-22,26H,4-7,16-20H2,(H,46,47)(H,48,49). The average Bonchev–Trinajstić information content (AvgIpc) is 3.09. The van der Waals surface area contributed by atoms with Crippen molar-refractivity contribution in [3.05, 3.63) is 101 Å². The van der Waals surface area contributed by atoms with Crippen molar-refractivity contribution in [1.82, 2.24) is 5.32 Å². The van der Waals surface area contributed by atoms with E-state index in [-0.39, 0.29) is 42.0 Å². The molecule has 2 N–H and O–H groups in total. The SMILES string of the molecule is O=C(O)C1CCC(C(=O)NC2CCC(c3ccc(C(OCc4c(F)cccc4F)(C(F)(F)F)C(F)(F)F)cc3)(S(=O)(=O)c3ccc(F)cc3)CC2)CC1. The minimum atomic E-state index is -6.23. The molecule has 17 heteroatoms. The maximum absolute atomic E-state index is 14.6. The third-order valence-corrected chi connectivity index (χ3v) is 12.9. The summed E-state index contributed by atoms with van der Waals surface area (Å²) in [4.78, 5) is 24.0. The van der Waals surface area contributed by atoms with E-state index in [2.05, 4.69) is 10.1 Å². The summed E-state index contributed by atoms with van der Waals surface area (Å²) >= 11 is 0. The Morgan fingerprint density at radius 1 is 0.755 bits per heavy atom. The second kappa shape index (κ2) is 15.0. The van der Waals surface area contributed by atoms with E-state index in [1.165, 1.54) is 0 Å². The van der Waals surface area contributed by atoms with E-state index in [1.54, 1.807) is 0 Å². The number of carboxylic acids is 1. The first-order valence-electron chi connectivity index (χ1n) is 16.6. The molecular weight excluding hydrogens is 745 g/mol. The van der Waals surface area contributed by atoms with Gasteiger partial charge >= 0.3 is 18.3 Å². The van der Waals surface area contributed by atoms with Crippen molar-refractivity contribution >= 4 is 21.7 Å². The molecule has 0 unspecified atom stereocenters. The summed E-state index contributed by atoms with van der Waals surface area (Å²) < 4.78 is 161. The number of rotatable bonds is 10. The molecule has 5 rings (SSSR count). The van der Waals surface area contributed by atoms with Crippen LogP contribution in [0.4, 0.5) is 39.5 Å². The highest BCUT2D eigenvalue weighted by Crippen LogP contribution is 2.54. The van der Waals surface area contributed by atoms with E-state index < -0.39 is 91.6 Å². The molecule has 2 aliphatic carbocycles. The molecule has 0 atom stereocenters. The van der Waals surface area contributed by atoms with E-state index in [4.69, 9.17) is 0 Å². The van der Waals surface area contributed by atoms with Gasteiger partial charge in [-0.05, 0) is 93.3 Å². The first-order valence-corrected chi connectivity index (χ1v) is 18.1. The summed E-state index contributed by atoms with van der Waals surface area (Å²) in [6.07, 6.45) is -11.6. The molecule has 0 aliphatic heterocycles. The number of carbonyl (C=O) groups excluding carboxylic acids is 1. The number of carboxylic acid groups (broad SMARTS) is 1. The van der Waals surface area contributed by atoms with Crippen LogP contribution in [0.2, 0.25) is 0 Å². The molecule has 1 amide bonds. The Morgan fingerprint density at radius 3 is 1.75 bits per heavy atom. The third kappa shape index (κ3) is 7.64. The van der Waals surface area contributed by atoms with Gasteiger partial charge in [-0.1, -0.05) is 30.3 Å². The molecule has 0 saturated heterocycles. The normalized spacial score (nSPS) is 23.0. The van der Waals surface area contributed by atoms with E-state index in [0.29, 0.717) is 49.9 Å². The molecule has 2 fully saturated rings. The number of carbonyl (C=O) groups is 2. The number of hydrogen-bond acceptors (Lipinski definition) is 5. The topological polar surface area (TPSA) is 110 Å². The molecule has 3 aromatic rings. The molecule has 2 saturated carbocycles. The fourth-order valence-electron chi connectivity index (χ4n) is 7.30. The van der Waals surface area contributed by atoms with Crippen molar-refractivity contribution in [2.45, 2.75) is 91.6 Å². The Hall–Kier alpha value is -4.12. The van der Waals surface area contributed by atoms with Gasteiger partial charge in [0.2, 0.25) is 5.91 Å². The maximum Gasteiger partial charge on any atom is 0.430 e. The van der Waals surface area contributed by atoms with E-state index in [1.807, 2.05) is 0 Å². The number of nitrogens with one attached hydrogen (secondary N) is 1. The van der Waals surface area contributed by atoms with Crippen molar-refractivity contribution in [3.63, 3.8) is 0 Å². The highest BCUT2D eigenvalue weighted by atomic mass is 32.2. The van der Waals surface area contributed by atoms with Crippen LogP contribution in [-0.4, -0.2) is 43.8 Å². The molecule has 0 bridgehead atoms. The fraction of sp³-hybridized carbons (Fsp3) is 0.444. The van der Waals surface area contributed by atoms with E-state index in [0.717, 1.165) is 42.5 Å². The average molecular weight is 780 g/mol. The van der Waals surface area contributed by atoms with Crippen molar-refractivity contribution in [3.8, 4) is 0 Å². The lowest BCUT2D eigenvalue weighted by Gasteiger charge is -2.41. The first-order chi connectivity index (χ1) is 24.7. The Morgan fingerprint density at radius 2 is 1.26 bits per heavy atom. The molecule has 0 radical (unpaired) electrons. The molecule has 0 aromatic heterocycles. The second-order valence-corrected chi connectivity index (χ2v) is 15.6. The van der Waals surface area contributed by atoms with Crippen LogP contribution in [0.5, 0.6) is 0 Å². The summed E-state index contributed by atoms with van der Waals surface area (Å²) in [5.74, 6) is -5.97. The highest BCUT2D eigenvalue weighted by molar-refractivity contribution is 7.92. The van der Waals surface area contributed by atoms with Crippen molar-refractivity contribution < 1.29 is 67.4 Å². The number of ether oxygens (including phenoxy) is 1. The molecule has 0 heterocycles. The largest absolute Gasteiger partial charge is 0.481 e. The zero-order chi connectivity index (χ0) is 39.0. The van der Waals surface area contributed by atoms with Gasteiger partial charge in [0, 0.05) is 23.1 Å².